The van der Waals surface area contributed by atoms with Crippen molar-refractivity contribution in [2.45, 2.75) is 6.92 Å². The van der Waals surface area contributed by atoms with Gasteiger partial charge in [-0.15, -0.1) is 5.10 Å². The Morgan fingerprint density at radius 3 is 2.88 bits per heavy atom. The van der Waals surface area contributed by atoms with Crippen molar-refractivity contribution in [3.8, 4) is 17.7 Å². The van der Waals surface area contributed by atoms with Gasteiger partial charge in [-0.05, 0) is 25.1 Å². The van der Waals surface area contributed by atoms with Gasteiger partial charge in [-0.1, -0.05) is 0 Å². The van der Waals surface area contributed by atoms with Crippen molar-refractivity contribution in [1.29, 1.82) is 5.26 Å². The minimum absolute atomic E-state index is 0.139. The summed E-state index contributed by atoms with van der Waals surface area (Å²) in [4.78, 5) is 0. The largest absolute Gasteiger partial charge is 0.436 e. The van der Waals surface area contributed by atoms with E-state index < -0.39 is 5.82 Å². The number of aromatic nitrogens is 2. The first kappa shape index (κ1) is 10.2. The van der Waals surface area contributed by atoms with Crippen molar-refractivity contribution in [3.63, 3.8) is 0 Å². The highest BCUT2D eigenvalue weighted by Crippen LogP contribution is 2.24. The number of ether oxygens (including phenoxy) is 1. The van der Waals surface area contributed by atoms with Crippen LogP contribution in [0, 0.1) is 24.1 Å². The standard InChI is InChI=1S/C11H8FN3O/c1-7-4-11(15-14-7)16-10-3-2-9(12)5-8(10)6-13/h2-5H,1H3,(H,14,15). The number of hydrogen-bond donors (Lipinski definition) is 1. The molecule has 80 valence electrons. The maximum atomic E-state index is 12.8. The zero-order chi connectivity index (χ0) is 11.5. The van der Waals surface area contributed by atoms with Crippen molar-refractivity contribution in [1.82, 2.24) is 10.2 Å². The van der Waals surface area contributed by atoms with Crippen LogP contribution in [-0.4, -0.2) is 10.2 Å². The molecule has 0 aliphatic carbocycles. The predicted octanol–water partition coefficient (Wildman–Crippen LogP) is 2.52. The van der Waals surface area contributed by atoms with Gasteiger partial charge in [-0.2, -0.15) is 5.26 Å². The van der Waals surface area contributed by atoms with E-state index in [1.54, 1.807) is 6.07 Å². The fraction of sp³-hybridized carbons (Fsp3) is 0.0909. The molecule has 1 aromatic heterocycles. The molecule has 1 heterocycles. The van der Waals surface area contributed by atoms with Gasteiger partial charge in [0.2, 0.25) is 5.88 Å². The summed E-state index contributed by atoms with van der Waals surface area (Å²) in [7, 11) is 0. The molecule has 0 spiro atoms. The molecule has 0 saturated heterocycles. The summed E-state index contributed by atoms with van der Waals surface area (Å²) in [6.45, 7) is 1.83. The van der Waals surface area contributed by atoms with E-state index in [9.17, 15) is 4.39 Å². The van der Waals surface area contributed by atoms with Crippen LogP contribution in [0.5, 0.6) is 11.6 Å². The van der Waals surface area contributed by atoms with Crippen molar-refractivity contribution < 1.29 is 9.13 Å². The molecule has 0 amide bonds. The topological polar surface area (TPSA) is 61.7 Å². The van der Waals surface area contributed by atoms with Gasteiger partial charge in [0.15, 0.2) is 0 Å². The van der Waals surface area contributed by atoms with Gasteiger partial charge < -0.3 is 4.74 Å². The van der Waals surface area contributed by atoms with Gasteiger partial charge in [-0.25, -0.2) is 4.39 Å². The Morgan fingerprint density at radius 1 is 1.44 bits per heavy atom. The lowest BCUT2D eigenvalue weighted by atomic mass is 10.2. The van der Waals surface area contributed by atoms with Crippen LogP contribution in [-0.2, 0) is 0 Å². The van der Waals surface area contributed by atoms with Gasteiger partial charge in [0.25, 0.3) is 0 Å². The number of aromatic amines is 1. The average Bonchev–Trinajstić information content (AvgIpc) is 2.67. The summed E-state index contributed by atoms with van der Waals surface area (Å²) < 4.78 is 18.2. The molecule has 0 unspecified atom stereocenters. The van der Waals surface area contributed by atoms with Crippen molar-refractivity contribution in [2.24, 2.45) is 0 Å². The quantitative estimate of drug-likeness (QED) is 0.840. The number of H-pyrrole nitrogens is 1. The van der Waals surface area contributed by atoms with E-state index in [-0.39, 0.29) is 11.3 Å². The number of hydrogen-bond acceptors (Lipinski definition) is 3. The van der Waals surface area contributed by atoms with Gasteiger partial charge in [-0.3, -0.25) is 5.10 Å². The Hall–Kier alpha value is -2.35. The molecule has 5 heteroatoms. The molecule has 0 atom stereocenters. The zero-order valence-corrected chi connectivity index (χ0v) is 8.49. The molecule has 0 radical (unpaired) electrons. The minimum Gasteiger partial charge on any atom is -0.436 e. The molecule has 2 rings (SSSR count). The Morgan fingerprint density at radius 2 is 2.25 bits per heavy atom. The number of benzene rings is 1. The van der Waals surface area contributed by atoms with Gasteiger partial charge >= 0.3 is 0 Å². The molecule has 0 bridgehead atoms. The highest BCUT2D eigenvalue weighted by atomic mass is 19.1. The van der Waals surface area contributed by atoms with Gasteiger partial charge in [0.05, 0.1) is 5.56 Å². The lowest BCUT2D eigenvalue weighted by molar-refractivity contribution is 0.458. The van der Waals surface area contributed by atoms with Crippen LogP contribution >= 0.6 is 0 Å². The lowest BCUT2D eigenvalue weighted by Gasteiger charge is -2.03. The maximum absolute atomic E-state index is 12.8. The molecule has 0 aliphatic rings. The minimum atomic E-state index is -0.470. The van der Waals surface area contributed by atoms with Crippen LogP contribution in [0.3, 0.4) is 0 Å². The summed E-state index contributed by atoms with van der Waals surface area (Å²) in [5.41, 5.74) is 0.983. The maximum Gasteiger partial charge on any atom is 0.238 e. The summed E-state index contributed by atoms with van der Waals surface area (Å²) in [5, 5.41) is 15.4. The van der Waals surface area contributed by atoms with E-state index in [1.165, 1.54) is 12.1 Å². The molecule has 0 fully saturated rings. The Balaban J connectivity index is 2.31. The Kier molecular flexibility index (Phi) is 2.56. The molecule has 4 nitrogen and oxygen atoms in total. The number of rotatable bonds is 2. The van der Waals surface area contributed by atoms with Crippen molar-refractivity contribution >= 4 is 0 Å². The summed E-state index contributed by atoms with van der Waals surface area (Å²) in [6.07, 6.45) is 0. The highest BCUT2D eigenvalue weighted by molar-refractivity contribution is 5.44. The summed E-state index contributed by atoms with van der Waals surface area (Å²) >= 11 is 0. The van der Waals surface area contributed by atoms with E-state index in [2.05, 4.69) is 10.2 Å². The third-order valence-corrected chi connectivity index (χ3v) is 1.96. The van der Waals surface area contributed by atoms with E-state index in [4.69, 9.17) is 10.00 Å². The van der Waals surface area contributed by atoms with E-state index in [1.807, 2.05) is 13.0 Å². The first-order valence-corrected chi connectivity index (χ1v) is 4.58. The monoisotopic (exact) mass is 217 g/mol. The number of nitrogens with zero attached hydrogens (tertiary/aromatic N) is 2. The second kappa shape index (κ2) is 4.03. The summed E-state index contributed by atoms with van der Waals surface area (Å²) in [5.74, 6) is 0.165. The Bertz CT molecular complexity index is 557. The van der Waals surface area contributed by atoms with Crippen LogP contribution in [0.1, 0.15) is 11.3 Å². The van der Waals surface area contributed by atoms with E-state index >= 15 is 0 Å². The SMILES string of the molecule is Cc1cc(Oc2ccc(F)cc2C#N)n[nH]1. The van der Waals surface area contributed by atoms with Crippen LogP contribution in [0.4, 0.5) is 4.39 Å². The number of halogens is 1. The first-order chi connectivity index (χ1) is 7.69. The molecular weight excluding hydrogens is 209 g/mol. The van der Waals surface area contributed by atoms with Gasteiger partial charge in [0.1, 0.15) is 17.6 Å². The predicted molar refractivity (Wildman–Crippen MR) is 54.5 cm³/mol. The number of nitriles is 1. The molecule has 0 aliphatic heterocycles. The molecule has 0 saturated carbocycles. The average molecular weight is 217 g/mol. The first-order valence-electron chi connectivity index (χ1n) is 4.58. The van der Waals surface area contributed by atoms with Crippen LogP contribution < -0.4 is 4.74 Å². The second-order valence-corrected chi connectivity index (χ2v) is 3.24. The fourth-order valence-electron chi connectivity index (χ4n) is 1.24. The van der Waals surface area contributed by atoms with Gasteiger partial charge in [0, 0.05) is 11.8 Å². The third-order valence-electron chi connectivity index (χ3n) is 1.96. The van der Waals surface area contributed by atoms with Crippen molar-refractivity contribution in [3.05, 3.63) is 41.3 Å². The summed E-state index contributed by atoms with van der Waals surface area (Å²) in [6, 6.07) is 7.30. The Labute approximate surface area is 91.3 Å². The smallest absolute Gasteiger partial charge is 0.238 e. The number of aryl methyl sites for hydroxylation is 1. The van der Waals surface area contributed by atoms with Crippen LogP contribution in [0.2, 0.25) is 0 Å². The third kappa shape index (κ3) is 2.01. The molecule has 2 aromatic rings. The highest BCUT2D eigenvalue weighted by Gasteiger charge is 2.07. The number of nitrogens with one attached hydrogen (secondary N) is 1. The molecular formula is C11H8FN3O. The normalized spacial score (nSPS) is 9.81. The van der Waals surface area contributed by atoms with Crippen molar-refractivity contribution in [2.75, 3.05) is 0 Å². The van der Waals surface area contributed by atoms with E-state index in [0.29, 0.717) is 5.88 Å². The second-order valence-electron chi connectivity index (χ2n) is 3.24. The molecule has 16 heavy (non-hydrogen) atoms. The zero-order valence-electron chi connectivity index (χ0n) is 8.49. The van der Waals surface area contributed by atoms with Crippen LogP contribution in [0.15, 0.2) is 24.3 Å². The van der Waals surface area contributed by atoms with E-state index in [0.717, 1.165) is 11.8 Å². The fourth-order valence-corrected chi connectivity index (χ4v) is 1.24. The molecule has 1 aromatic carbocycles. The molecule has 1 N–H and O–H groups in total. The lowest BCUT2D eigenvalue weighted by Crippen LogP contribution is -1.89. The van der Waals surface area contributed by atoms with Crippen LogP contribution in [0.25, 0.3) is 0 Å².